The fourth-order valence-electron chi connectivity index (χ4n) is 2.71. The number of amides is 1. The number of carbonyl (C=O) groups is 1. The molecule has 152 valence electrons. The average Bonchev–Trinajstić information content (AvgIpc) is 3.08. The molecule has 0 saturated carbocycles. The molecule has 0 spiro atoms. The summed E-state index contributed by atoms with van der Waals surface area (Å²) in [7, 11) is -3.57. The van der Waals surface area contributed by atoms with Gasteiger partial charge in [-0.25, -0.2) is 13.1 Å². The molecule has 0 aliphatic rings. The normalized spacial score (nSPS) is 11.4. The van der Waals surface area contributed by atoms with Gasteiger partial charge < -0.3 is 9.84 Å². The Hall–Kier alpha value is -2.68. The van der Waals surface area contributed by atoms with Crippen LogP contribution in [0.1, 0.15) is 29.5 Å². The van der Waals surface area contributed by atoms with Crippen LogP contribution in [0.4, 0.5) is 5.69 Å². The Morgan fingerprint density at radius 3 is 2.48 bits per heavy atom. The minimum atomic E-state index is -3.57. The van der Waals surface area contributed by atoms with Gasteiger partial charge in [0.1, 0.15) is 17.0 Å². The molecule has 1 heterocycles. The molecule has 0 bridgehead atoms. The highest BCUT2D eigenvalue weighted by Gasteiger charge is 2.23. The van der Waals surface area contributed by atoms with Gasteiger partial charge in [0.05, 0.1) is 9.92 Å². The molecule has 7 nitrogen and oxygen atoms in total. The Bertz CT molecular complexity index is 1120. The number of aromatic nitrogens is 1. The highest BCUT2D eigenvalue weighted by Crippen LogP contribution is 2.31. The van der Waals surface area contributed by atoms with Gasteiger partial charge in [0.2, 0.25) is 10.0 Å². The summed E-state index contributed by atoms with van der Waals surface area (Å²) in [4.78, 5) is 13.0. The zero-order valence-electron chi connectivity index (χ0n) is 15.9. The molecular weight excluding hydrogens is 414 g/mol. The number of nitrogens with zero attached hydrogens (tertiary/aromatic N) is 1. The number of nitrogens with one attached hydrogen (secondary N) is 2. The predicted octanol–water partition coefficient (Wildman–Crippen LogP) is 4.24. The molecule has 3 aromatic rings. The van der Waals surface area contributed by atoms with E-state index in [1.807, 2.05) is 6.92 Å². The number of benzene rings is 2. The van der Waals surface area contributed by atoms with E-state index in [-0.39, 0.29) is 10.5 Å². The van der Waals surface area contributed by atoms with Crippen LogP contribution in [-0.2, 0) is 10.0 Å². The first kappa shape index (κ1) is 21.0. The molecule has 1 amide bonds. The van der Waals surface area contributed by atoms with E-state index < -0.39 is 15.9 Å². The number of rotatable bonds is 7. The van der Waals surface area contributed by atoms with E-state index in [4.69, 9.17) is 16.1 Å². The first-order valence-corrected chi connectivity index (χ1v) is 10.8. The lowest BCUT2D eigenvalue weighted by Gasteiger charge is -2.09. The number of anilines is 1. The molecule has 0 unspecified atom stereocenters. The van der Waals surface area contributed by atoms with E-state index in [1.165, 1.54) is 24.3 Å². The lowest BCUT2D eigenvalue weighted by Crippen LogP contribution is -2.24. The Morgan fingerprint density at radius 2 is 1.83 bits per heavy atom. The van der Waals surface area contributed by atoms with Crippen LogP contribution in [-0.4, -0.2) is 26.0 Å². The maximum Gasteiger partial charge on any atom is 0.261 e. The van der Waals surface area contributed by atoms with Gasteiger partial charge in [-0.1, -0.05) is 41.9 Å². The smallest absolute Gasteiger partial charge is 0.261 e. The summed E-state index contributed by atoms with van der Waals surface area (Å²) in [5.74, 6) is -0.0845. The third kappa shape index (κ3) is 4.67. The average molecular weight is 434 g/mol. The third-order valence-corrected chi connectivity index (χ3v) is 5.99. The minimum Gasteiger partial charge on any atom is -0.360 e. The second kappa shape index (κ2) is 8.77. The van der Waals surface area contributed by atoms with Crippen molar-refractivity contribution in [1.82, 2.24) is 9.88 Å². The van der Waals surface area contributed by atoms with E-state index in [0.29, 0.717) is 40.7 Å². The maximum absolute atomic E-state index is 12.8. The standard InChI is InChI=1S/C20H20ClN3O4S/c1-3-12-22-29(26,27)15-10-8-14(9-11-15)23-20(25)18-13(2)28-24-19(18)16-6-4-5-7-17(16)21/h4-11,22H,3,12H2,1-2H3,(H,23,25). The SMILES string of the molecule is CCCNS(=O)(=O)c1ccc(NC(=O)c2c(-c3ccccc3Cl)noc2C)cc1. The van der Waals surface area contributed by atoms with Crippen LogP contribution in [0.2, 0.25) is 5.02 Å². The van der Waals surface area contributed by atoms with Crippen molar-refractivity contribution in [2.75, 3.05) is 11.9 Å². The van der Waals surface area contributed by atoms with Crippen molar-refractivity contribution in [2.45, 2.75) is 25.2 Å². The highest BCUT2D eigenvalue weighted by molar-refractivity contribution is 7.89. The highest BCUT2D eigenvalue weighted by atomic mass is 35.5. The van der Waals surface area contributed by atoms with Crippen LogP contribution < -0.4 is 10.0 Å². The Morgan fingerprint density at radius 1 is 1.14 bits per heavy atom. The summed E-state index contributed by atoms with van der Waals surface area (Å²) < 4.78 is 32.0. The van der Waals surface area contributed by atoms with E-state index in [1.54, 1.807) is 31.2 Å². The number of aryl methyl sites for hydroxylation is 1. The van der Waals surface area contributed by atoms with Crippen LogP contribution >= 0.6 is 11.6 Å². The zero-order chi connectivity index (χ0) is 21.0. The lowest BCUT2D eigenvalue weighted by atomic mass is 10.1. The minimum absolute atomic E-state index is 0.127. The molecule has 0 radical (unpaired) electrons. The number of sulfonamides is 1. The monoisotopic (exact) mass is 433 g/mol. The Labute approximate surface area is 174 Å². The lowest BCUT2D eigenvalue weighted by molar-refractivity contribution is 0.102. The first-order valence-electron chi connectivity index (χ1n) is 8.95. The quantitative estimate of drug-likeness (QED) is 0.580. The largest absolute Gasteiger partial charge is 0.360 e. The summed E-state index contributed by atoms with van der Waals surface area (Å²) in [6.45, 7) is 3.88. The van der Waals surface area contributed by atoms with Crippen molar-refractivity contribution in [2.24, 2.45) is 0 Å². The van der Waals surface area contributed by atoms with E-state index in [2.05, 4.69) is 15.2 Å². The second-order valence-electron chi connectivity index (χ2n) is 6.32. The van der Waals surface area contributed by atoms with Crippen molar-refractivity contribution in [3.8, 4) is 11.3 Å². The molecule has 0 aliphatic heterocycles. The van der Waals surface area contributed by atoms with Gasteiger partial charge >= 0.3 is 0 Å². The molecule has 1 aromatic heterocycles. The van der Waals surface area contributed by atoms with Gasteiger partial charge in [0, 0.05) is 17.8 Å². The molecule has 2 N–H and O–H groups in total. The second-order valence-corrected chi connectivity index (χ2v) is 8.49. The van der Waals surface area contributed by atoms with Crippen LogP contribution in [0.25, 0.3) is 11.3 Å². The van der Waals surface area contributed by atoms with Crippen molar-refractivity contribution in [1.29, 1.82) is 0 Å². The topological polar surface area (TPSA) is 101 Å². The molecule has 0 saturated heterocycles. The zero-order valence-corrected chi connectivity index (χ0v) is 17.5. The van der Waals surface area contributed by atoms with E-state index in [9.17, 15) is 13.2 Å². The summed E-state index contributed by atoms with van der Waals surface area (Å²) in [6, 6.07) is 12.9. The van der Waals surface area contributed by atoms with Crippen molar-refractivity contribution in [3.05, 3.63) is 64.9 Å². The van der Waals surface area contributed by atoms with Gasteiger partial charge in [-0.3, -0.25) is 4.79 Å². The molecule has 29 heavy (non-hydrogen) atoms. The number of halogens is 1. The molecular formula is C20H20ClN3O4S. The molecule has 0 fully saturated rings. The number of hydrogen-bond acceptors (Lipinski definition) is 5. The molecule has 9 heteroatoms. The van der Waals surface area contributed by atoms with Crippen LogP contribution in [0.5, 0.6) is 0 Å². The summed E-state index contributed by atoms with van der Waals surface area (Å²) in [5, 5.41) is 7.16. The summed E-state index contributed by atoms with van der Waals surface area (Å²) in [6.07, 6.45) is 0.694. The summed E-state index contributed by atoms with van der Waals surface area (Å²) in [5.41, 5.74) is 1.63. The molecule has 0 atom stereocenters. The van der Waals surface area contributed by atoms with Gasteiger partial charge in [0.15, 0.2) is 0 Å². The van der Waals surface area contributed by atoms with Crippen LogP contribution in [0, 0.1) is 6.92 Å². The fourth-order valence-corrected chi connectivity index (χ4v) is 4.07. The predicted molar refractivity (Wildman–Crippen MR) is 112 cm³/mol. The van der Waals surface area contributed by atoms with E-state index in [0.717, 1.165) is 0 Å². The third-order valence-electron chi connectivity index (χ3n) is 4.18. The van der Waals surface area contributed by atoms with Crippen LogP contribution in [0.3, 0.4) is 0 Å². The van der Waals surface area contributed by atoms with Crippen LogP contribution in [0.15, 0.2) is 57.9 Å². The number of hydrogen-bond donors (Lipinski definition) is 2. The Kier molecular flexibility index (Phi) is 6.36. The number of carbonyl (C=O) groups excluding carboxylic acids is 1. The van der Waals surface area contributed by atoms with Gasteiger partial charge in [-0.15, -0.1) is 0 Å². The van der Waals surface area contributed by atoms with Gasteiger partial charge in [-0.05, 0) is 43.7 Å². The van der Waals surface area contributed by atoms with Gasteiger partial charge in [0.25, 0.3) is 5.91 Å². The first-order chi connectivity index (χ1) is 13.8. The van der Waals surface area contributed by atoms with Crippen molar-refractivity contribution >= 4 is 33.2 Å². The van der Waals surface area contributed by atoms with Crippen molar-refractivity contribution < 1.29 is 17.7 Å². The Balaban J connectivity index is 1.83. The summed E-state index contributed by atoms with van der Waals surface area (Å²) >= 11 is 6.22. The fraction of sp³-hybridized carbons (Fsp3) is 0.200. The maximum atomic E-state index is 12.8. The van der Waals surface area contributed by atoms with Crippen molar-refractivity contribution in [3.63, 3.8) is 0 Å². The van der Waals surface area contributed by atoms with Gasteiger partial charge in [-0.2, -0.15) is 0 Å². The molecule has 3 rings (SSSR count). The molecule has 0 aliphatic carbocycles. The molecule has 2 aromatic carbocycles. The van der Waals surface area contributed by atoms with E-state index >= 15 is 0 Å².